The van der Waals surface area contributed by atoms with Crippen molar-refractivity contribution < 1.29 is 14.3 Å². The molecular weight excluding hydrogens is 222 g/mol. The van der Waals surface area contributed by atoms with E-state index in [0.717, 1.165) is 13.1 Å². The van der Waals surface area contributed by atoms with Crippen molar-refractivity contribution in [2.45, 2.75) is 12.5 Å². The number of carbonyl (C=O) groups excluding carboxylic acids is 1. The van der Waals surface area contributed by atoms with Crippen molar-refractivity contribution >= 4 is 11.8 Å². The van der Waals surface area contributed by atoms with Crippen LogP contribution in [0.2, 0.25) is 0 Å². The zero-order chi connectivity index (χ0) is 12.5. The van der Waals surface area contributed by atoms with Gasteiger partial charge < -0.3 is 14.4 Å². The van der Waals surface area contributed by atoms with Gasteiger partial charge in [0.2, 0.25) is 0 Å². The number of ether oxygens (including phenoxy) is 2. The average molecular weight is 237 g/mol. The molecule has 0 N–H and O–H groups in total. The first kappa shape index (κ1) is 11.8. The molecule has 0 aromatic carbocycles. The largest absolute Gasteiger partial charge is 0.464 e. The lowest BCUT2D eigenvalue weighted by Gasteiger charge is -2.47. The van der Waals surface area contributed by atoms with Crippen molar-refractivity contribution in [3.63, 3.8) is 0 Å². The van der Waals surface area contributed by atoms with Crippen LogP contribution in [0.5, 0.6) is 0 Å². The number of nitrogens with zero attached hydrogens (tertiary/aromatic N) is 3. The van der Waals surface area contributed by atoms with E-state index in [1.807, 2.05) is 11.8 Å². The van der Waals surface area contributed by atoms with Crippen molar-refractivity contribution in [3.05, 3.63) is 18.1 Å². The van der Waals surface area contributed by atoms with Gasteiger partial charge in [-0.2, -0.15) is 0 Å². The molecule has 0 radical (unpaired) electrons. The molecule has 1 aliphatic heterocycles. The maximum atomic E-state index is 11.3. The molecule has 0 bridgehead atoms. The molecule has 1 fully saturated rings. The average Bonchev–Trinajstić information content (AvgIpc) is 2.34. The van der Waals surface area contributed by atoms with E-state index in [2.05, 4.69) is 14.7 Å². The van der Waals surface area contributed by atoms with Crippen LogP contribution in [0.3, 0.4) is 0 Å². The van der Waals surface area contributed by atoms with Crippen molar-refractivity contribution in [2.24, 2.45) is 0 Å². The Balaban J connectivity index is 2.11. The third-order valence-electron chi connectivity index (χ3n) is 2.88. The van der Waals surface area contributed by atoms with E-state index in [1.54, 1.807) is 13.3 Å². The fourth-order valence-corrected chi connectivity index (χ4v) is 1.76. The number of hydrogen-bond donors (Lipinski definition) is 0. The topological polar surface area (TPSA) is 64.5 Å². The van der Waals surface area contributed by atoms with Crippen molar-refractivity contribution in [1.82, 2.24) is 9.97 Å². The van der Waals surface area contributed by atoms with E-state index in [1.165, 1.54) is 13.3 Å². The molecule has 0 saturated carbocycles. The first-order valence-corrected chi connectivity index (χ1v) is 5.28. The predicted octanol–water partition coefficient (Wildman–Crippen LogP) is 0.488. The number of carbonyl (C=O) groups is 1. The molecule has 1 aliphatic rings. The minimum atomic E-state index is -0.477. The number of aromatic nitrogens is 2. The van der Waals surface area contributed by atoms with Gasteiger partial charge in [0.25, 0.3) is 0 Å². The second kappa shape index (κ2) is 4.29. The lowest BCUT2D eigenvalue weighted by atomic mass is 9.97. The van der Waals surface area contributed by atoms with Crippen LogP contribution < -0.4 is 4.90 Å². The molecule has 2 heterocycles. The van der Waals surface area contributed by atoms with Gasteiger partial charge in [0.15, 0.2) is 5.69 Å². The Hall–Kier alpha value is -1.69. The zero-order valence-electron chi connectivity index (χ0n) is 10.1. The van der Waals surface area contributed by atoms with Gasteiger partial charge >= 0.3 is 5.97 Å². The summed E-state index contributed by atoms with van der Waals surface area (Å²) in [4.78, 5) is 21.5. The SMILES string of the molecule is COC(=O)c1cncc(N2CC(C)(OC)C2)n1. The highest BCUT2D eigenvalue weighted by molar-refractivity contribution is 5.87. The third kappa shape index (κ3) is 2.21. The Labute approximate surface area is 99.6 Å². The highest BCUT2D eigenvalue weighted by Crippen LogP contribution is 2.27. The summed E-state index contributed by atoms with van der Waals surface area (Å²) in [6, 6.07) is 0. The van der Waals surface area contributed by atoms with Crippen LogP contribution in [0.15, 0.2) is 12.4 Å². The van der Waals surface area contributed by atoms with E-state index < -0.39 is 5.97 Å². The van der Waals surface area contributed by atoms with Crippen LogP contribution in [0.1, 0.15) is 17.4 Å². The molecule has 0 unspecified atom stereocenters. The first-order chi connectivity index (χ1) is 8.08. The molecule has 1 aromatic heterocycles. The van der Waals surface area contributed by atoms with Gasteiger partial charge in [-0.15, -0.1) is 0 Å². The van der Waals surface area contributed by atoms with E-state index in [9.17, 15) is 4.79 Å². The number of rotatable bonds is 3. The van der Waals surface area contributed by atoms with Gasteiger partial charge in [-0.1, -0.05) is 0 Å². The van der Waals surface area contributed by atoms with Crippen LogP contribution >= 0.6 is 0 Å². The van der Waals surface area contributed by atoms with E-state index in [-0.39, 0.29) is 11.3 Å². The molecule has 6 heteroatoms. The second-order valence-corrected chi connectivity index (χ2v) is 4.26. The quantitative estimate of drug-likeness (QED) is 0.713. The molecule has 0 amide bonds. The number of methoxy groups -OCH3 is 2. The fourth-order valence-electron chi connectivity index (χ4n) is 1.76. The van der Waals surface area contributed by atoms with Crippen molar-refractivity contribution in [2.75, 3.05) is 32.2 Å². The van der Waals surface area contributed by atoms with Crippen LogP contribution in [-0.4, -0.2) is 48.8 Å². The standard InChI is InChI=1S/C11H15N3O3/c1-11(17-3)6-14(7-11)9-5-12-4-8(13-9)10(15)16-2/h4-5H,6-7H2,1-3H3. The number of hydrogen-bond acceptors (Lipinski definition) is 6. The van der Waals surface area contributed by atoms with Crippen LogP contribution in [-0.2, 0) is 9.47 Å². The molecule has 1 aromatic rings. The summed E-state index contributed by atoms with van der Waals surface area (Å²) < 4.78 is 9.94. The normalized spacial score (nSPS) is 17.5. The molecule has 92 valence electrons. The zero-order valence-corrected chi connectivity index (χ0v) is 10.1. The summed E-state index contributed by atoms with van der Waals surface area (Å²) in [5.74, 6) is 0.191. The minimum absolute atomic E-state index is 0.136. The summed E-state index contributed by atoms with van der Waals surface area (Å²) in [6.45, 7) is 3.51. The maximum Gasteiger partial charge on any atom is 0.358 e. The van der Waals surface area contributed by atoms with Crippen LogP contribution in [0.4, 0.5) is 5.82 Å². The smallest absolute Gasteiger partial charge is 0.358 e. The highest BCUT2D eigenvalue weighted by Gasteiger charge is 2.39. The van der Waals surface area contributed by atoms with Gasteiger partial charge in [-0.25, -0.2) is 9.78 Å². The molecule has 6 nitrogen and oxygen atoms in total. The Morgan fingerprint density at radius 2 is 2.12 bits per heavy atom. The Kier molecular flexibility index (Phi) is 2.97. The molecule has 0 aliphatic carbocycles. The minimum Gasteiger partial charge on any atom is -0.464 e. The van der Waals surface area contributed by atoms with Gasteiger partial charge in [0.1, 0.15) is 5.82 Å². The monoisotopic (exact) mass is 237 g/mol. The third-order valence-corrected chi connectivity index (χ3v) is 2.88. The predicted molar refractivity (Wildman–Crippen MR) is 61.0 cm³/mol. The summed E-state index contributed by atoms with van der Waals surface area (Å²) in [5, 5.41) is 0. The number of anilines is 1. The van der Waals surface area contributed by atoms with Crippen LogP contribution in [0, 0.1) is 0 Å². The molecule has 2 rings (SSSR count). The van der Waals surface area contributed by atoms with Gasteiger partial charge in [0, 0.05) is 7.11 Å². The second-order valence-electron chi connectivity index (χ2n) is 4.26. The molecule has 1 saturated heterocycles. The lowest BCUT2D eigenvalue weighted by Crippen LogP contribution is -2.61. The van der Waals surface area contributed by atoms with Gasteiger partial charge in [-0.3, -0.25) is 4.98 Å². The van der Waals surface area contributed by atoms with Crippen LogP contribution in [0.25, 0.3) is 0 Å². The molecule has 0 atom stereocenters. The Morgan fingerprint density at radius 1 is 1.41 bits per heavy atom. The Morgan fingerprint density at radius 3 is 2.71 bits per heavy atom. The maximum absolute atomic E-state index is 11.3. The lowest BCUT2D eigenvalue weighted by molar-refractivity contribution is -0.0171. The van der Waals surface area contributed by atoms with Gasteiger partial charge in [-0.05, 0) is 6.92 Å². The summed E-state index contributed by atoms with van der Waals surface area (Å²) >= 11 is 0. The molecule has 17 heavy (non-hydrogen) atoms. The summed E-state index contributed by atoms with van der Waals surface area (Å²) in [6.07, 6.45) is 3.02. The number of esters is 1. The molecule has 0 spiro atoms. The summed E-state index contributed by atoms with van der Waals surface area (Å²) in [7, 11) is 3.01. The molecular formula is C11H15N3O3. The Bertz CT molecular complexity index is 430. The van der Waals surface area contributed by atoms with Gasteiger partial charge in [0.05, 0.1) is 38.2 Å². The highest BCUT2D eigenvalue weighted by atomic mass is 16.5. The van der Waals surface area contributed by atoms with E-state index in [4.69, 9.17) is 4.74 Å². The van der Waals surface area contributed by atoms with E-state index in [0.29, 0.717) is 5.82 Å². The van der Waals surface area contributed by atoms with Crippen molar-refractivity contribution in [1.29, 1.82) is 0 Å². The summed E-state index contributed by atoms with van der Waals surface area (Å²) in [5.41, 5.74) is 0.0826. The van der Waals surface area contributed by atoms with Crippen molar-refractivity contribution in [3.8, 4) is 0 Å². The van der Waals surface area contributed by atoms with E-state index >= 15 is 0 Å². The fraction of sp³-hybridized carbons (Fsp3) is 0.545. The first-order valence-electron chi connectivity index (χ1n) is 5.28.